The Kier molecular flexibility index (Phi) is 7.05. The van der Waals surface area contributed by atoms with Crippen molar-refractivity contribution in [1.29, 1.82) is 5.26 Å². The van der Waals surface area contributed by atoms with Crippen molar-refractivity contribution in [2.24, 2.45) is 4.99 Å². The summed E-state index contributed by atoms with van der Waals surface area (Å²) in [7, 11) is 3.90. The lowest BCUT2D eigenvalue weighted by Gasteiger charge is -2.25. The number of hydrogen-bond acceptors (Lipinski definition) is 8. The van der Waals surface area contributed by atoms with Crippen LogP contribution in [0.2, 0.25) is 0 Å². The van der Waals surface area contributed by atoms with E-state index in [-0.39, 0.29) is 12.2 Å². The van der Waals surface area contributed by atoms with Gasteiger partial charge in [0.2, 0.25) is 0 Å². The highest BCUT2D eigenvalue weighted by Gasteiger charge is 2.33. The molecule has 1 aliphatic heterocycles. The van der Waals surface area contributed by atoms with E-state index in [1.807, 2.05) is 55.4 Å². The average molecular weight is 539 g/mol. The van der Waals surface area contributed by atoms with Crippen LogP contribution in [0.4, 0.5) is 5.69 Å². The maximum Gasteiger partial charge on any atom is 0.338 e. The number of nitrogens with zero attached hydrogens (tertiary/aromatic N) is 4. The fraction of sp³-hybridized carbons (Fsp3) is 0.200. The highest BCUT2D eigenvalue weighted by Crippen LogP contribution is 2.32. The van der Waals surface area contributed by atoms with Crippen molar-refractivity contribution in [2.75, 3.05) is 25.6 Å². The summed E-state index contributed by atoms with van der Waals surface area (Å²) >= 11 is 1.23. The lowest BCUT2D eigenvalue weighted by Crippen LogP contribution is -2.39. The monoisotopic (exact) mass is 538 g/mol. The molecule has 8 nitrogen and oxygen atoms in total. The lowest BCUT2D eigenvalue weighted by molar-refractivity contribution is -0.139. The van der Waals surface area contributed by atoms with Gasteiger partial charge in [-0.2, -0.15) is 5.26 Å². The molecule has 0 radical (unpaired) electrons. The van der Waals surface area contributed by atoms with Crippen molar-refractivity contribution < 1.29 is 13.9 Å². The van der Waals surface area contributed by atoms with E-state index < -0.39 is 12.0 Å². The van der Waals surface area contributed by atoms with Crippen LogP contribution in [0, 0.1) is 11.3 Å². The highest BCUT2D eigenvalue weighted by molar-refractivity contribution is 7.07. The number of furan rings is 1. The van der Waals surface area contributed by atoms with Crippen LogP contribution in [-0.4, -0.2) is 31.2 Å². The van der Waals surface area contributed by atoms with Crippen molar-refractivity contribution in [1.82, 2.24) is 4.57 Å². The molecule has 0 saturated heterocycles. The fourth-order valence-corrected chi connectivity index (χ4v) is 5.59. The number of nitriles is 1. The van der Waals surface area contributed by atoms with Crippen molar-refractivity contribution in [3.05, 3.63) is 109 Å². The number of carbonyl (C=O) groups excluding carboxylic acids is 1. The molecule has 0 saturated carbocycles. The molecule has 0 N–H and O–H groups in total. The van der Waals surface area contributed by atoms with Gasteiger partial charge >= 0.3 is 5.97 Å². The van der Waals surface area contributed by atoms with Gasteiger partial charge in [-0.15, -0.1) is 0 Å². The van der Waals surface area contributed by atoms with Crippen LogP contribution in [0.3, 0.4) is 0 Å². The van der Waals surface area contributed by atoms with E-state index in [0.717, 1.165) is 11.3 Å². The van der Waals surface area contributed by atoms with Gasteiger partial charge in [0, 0.05) is 31.4 Å². The molecular weight excluding hydrogens is 512 g/mol. The largest absolute Gasteiger partial charge is 0.463 e. The number of fused-ring (bicyclic) bond motifs is 1. The number of allylic oxidation sites excluding steroid dienone is 1. The fourth-order valence-electron chi connectivity index (χ4n) is 4.56. The molecule has 0 unspecified atom stereocenters. The molecule has 9 heteroatoms. The van der Waals surface area contributed by atoms with Crippen molar-refractivity contribution in [3.63, 3.8) is 0 Å². The van der Waals surface area contributed by atoms with Crippen LogP contribution in [0.15, 0.2) is 86.1 Å². The van der Waals surface area contributed by atoms with E-state index in [0.29, 0.717) is 43.3 Å². The number of carbonyl (C=O) groups is 1. The minimum absolute atomic E-state index is 0.210. The average Bonchev–Trinajstić information content (AvgIpc) is 3.52. The van der Waals surface area contributed by atoms with Gasteiger partial charge in [0.05, 0.1) is 40.1 Å². The molecule has 3 heterocycles. The number of ether oxygens (including phenoxy) is 1. The number of thiazole rings is 1. The summed E-state index contributed by atoms with van der Waals surface area (Å²) in [6, 6.07) is 19.9. The number of hydrogen-bond donors (Lipinski definition) is 0. The number of aromatic nitrogens is 1. The second kappa shape index (κ2) is 10.6. The topological polar surface area (TPSA) is 101 Å². The third-order valence-corrected chi connectivity index (χ3v) is 7.44. The Morgan fingerprint density at radius 3 is 2.62 bits per heavy atom. The Balaban J connectivity index is 1.64. The zero-order valence-electron chi connectivity index (χ0n) is 22.0. The van der Waals surface area contributed by atoms with Crippen LogP contribution in [-0.2, 0) is 9.53 Å². The van der Waals surface area contributed by atoms with Crippen LogP contribution in [0.25, 0.3) is 17.4 Å². The highest BCUT2D eigenvalue weighted by atomic mass is 32.1. The summed E-state index contributed by atoms with van der Waals surface area (Å²) in [5.41, 5.74) is 3.51. The van der Waals surface area contributed by atoms with Gasteiger partial charge in [-0.05, 0) is 55.8 Å². The summed E-state index contributed by atoms with van der Waals surface area (Å²) in [5.74, 6) is 0.503. The van der Waals surface area contributed by atoms with Gasteiger partial charge in [0.15, 0.2) is 4.80 Å². The third-order valence-electron chi connectivity index (χ3n) is 6.46. The van der Waals surface area contributed by atoms with E-state index in [4.69, 9.17) is 9.15 Å². The van der Waals surface area contributed by atoms with E-state index in [2.05, 4.69) is 11.1 Å². The maximum absolute atomic E-state index is 13.8. The normalized spacial score (nSPS) is 14.9. The first-order chi connectivity index (χ1) is 18.8. The second-order valence-corrected chi connectivity index (χ2v) is 10.2. The van der Waals surface area contributed by atoms with E-state index in [9.17, 15) is 14.9 Å². The second-order valence-electron chi connectivity index (χ2n) is 9.15. The molecule has 2 aromatic heterocycles. The molecule has 0 amide bonds. The third kappa shape index (κ3) is 4.82. The predicted octanol–water partition coefficient (Wildman–Crippen LogP) is 4.00. The zero-order chi connectivity index (χ0) is 27.7. The summed E-state index contributed by atoms with van der Waals surface area (Å²) in [4.78, 5) is 34.0. The van der Waals surface area contributed by atoms with E-state index in [1.165, 1.54) is 11.3 Å². The maximum atomic E-state index is 13.8. The van der Waals surface area contributed by atoms with E-state index in [1.54, 1.807) is 48.8 Å². The smallest absolute Gasteiger partial charge is 0.338 e. The number of esters is 1. The lowest BCUT2D eigenvalue weighted by atomic mass is 9.95. The van der Waals surface area contributed by atoms with Gasteiger partial charge in [-0.1, -0.05) is 35.6 Å². The Hall–Kier alpha value is -4.68. The molecule has 39 heavy (non-hydrogen) atoms. The molecule has 0 aliphatic carbocycles. The molecule has 2 aromatic carbocycles. The standard InChI is InChI=1S/C30H26N4O4S/c1-5-37-29(36)26-18(2)32-30-34(27(26)19-10-12-21(13-11-19)33(3)4)28(35)25(39-30)16-22-14-15-24(38-22)23-9-7-6-8-20(23)17-31/h6-16,27H,5H2,1-4H3/b25-16+/t27-/m0/s1. The van der Waals surface area contributed by atoms with Crippen LogP contribution < -0.4 is 19.8 Å². The molecule has 0 spiro atoms. The zero-order valence-corrected chi connectivity index (χ0v) is 22.8. The Bertz CT molecular complexity index is 1820. The Labute approximate surface area is 229 Å². The van der Waals surface area contributed by atoms with E-state index >= 15 is 0 Å². The number of benzene rings is 2. The first-order valence-electron chi connectivity index (χ1n) is 12.4. The molecule has 1 atom stereocenters. The first kappa shape index (κ1) is 25.9. The van der Waals surface area contributed by atoms with Crippen molar-refractivity contribution in [2.45, 2.75) is 19.9 Å². The predicted molar refractivity (Wildman–Crippen MR) is 150 cm³/mol. The summed E-state index contributed by atoms with van der Waals surface area (Å²) in [6.45, 7) is 3.72. The van der Waals surface area contributed by atoms with Gasteiger partial charge in [0.25, 0.3) is 5.56 Å². The molecule has 196 valence electrons. The Morgan fingerprint density at radius 1 is 1.18 bits per heavy atom. The Morgan fingerprint density at radius 2 is 1.92 bits per heavy atom. The SMILES string of the molecule is CCOC(=O)C1=C(C)N=c2s/c(=C/c3ccc(-c4ccccc4C#N)o3)c(=O)n2[C@H]1c1ccc(N(C)C)cc1. The molecule has 0 fully saturated rings. The quantitative estimate of drug-likeness (QED) is 0.344. The van der Waals surface area contributed by atoms with Crippen LogP contribution >= 0.6 is 11.3 Å². The number of anilines is 1. The summed E-state index contributed by atoms with van der Waals surface area (Å²) < 4.78 is 13.3. The van der Waals surface area contributed by atoms with Gasteiger partial charge in [0.1, 0.15) is 11.5 Å². The van der Waals surface area contributed by atoms with Gasteiger partial charge in [-0.25, -0.2) is 9.79 Å². The molecular formula is C30H26N4O4S. The van der Waals surface area contributed by atoms with Gasteiger partial charge in [-0.3, -0.25) is 9.36 Å². The minimum atomic E-state index is -0.687. The molecule has 1 aliphatic rings. The molecule has 5 rings (SSSR count). The first-order valence-corrected chi connectivity index (χ1v) is 13.2. The van der Waals surface area contributed by atoms with Crippen molar-refractivity contribution in [3.8, 4) is 17.4 Å². The van der Waals surface area contributed by atoms with Crippen molar-refractivity contribution >= 4 is 29.1 Å². The number of rotatable bonds is 6. The van der Waals surface area contributed by atoms with Crippen LogP contribution in [0.1, 0.15) is 36.8 Å². The minimum Gasteiger partial charge on any atom is -0.463 e. The summed E-state index contributed by atoms with van der Waals surface area (Å²) in [6.07, 6.45) is 1.66. The van der Waals surface area contributed by atoms with Gasteiger partial charge < -0.3 is 14.1 Å². The molecule has 4 aromatic rings. The summed E-state index contributed by atoms with van der Waals surface area (Å²) in [5, 5.41) is 9.44. The molecule has 0 bridgehead atoms. The van der Waals surface area contributed by atoms with Crippen LogP contribution in [0.5, 0.6) is 0 Å².